The Morgan fingerprint density at radius 2 is 1.68 bits per heavy atom. The molecule has 0 aliphatic carbocycles. The number of aromatic hydroxyl groups is 1. The summed E-state index contributed by atoms with van der Waals surface area (Å²) in [6.45, 7) is 2.16. The van der Waals surface area contributed by atoms with E-state index in [1.807, 2.05) is 42.5 Å². The molecule has 0 aromatic heterocycles. The molecule has 0 saturated heterocycles. The van der Waals surface area contributed by atoms with Gasteiger partial charge in [0, 0.05) is 22.4 Å². The number of rotatable bonds is 4. The number of hydrogen-bond donors (Lipinski definition) is 3. The van der Waals surface area contributed by atoms with Gasteiger partial charge in [0.15, 0.2) is 6.17 Å². The zero-order chi connectivity index (χ0) is 19.5. The molecule has 2 unspecified atom stereocenters. The van der Waals surface area contributed by atoms with Crippen molar-refractivity contribution in [3.05, 3.63) is 106 Å². The topological polar surface area (TPSA) is 48.9 Å². The largest absolute Gasteiger partial charge is 0.507 e. The highest BCUT2D eigenvalue weighted by Crippen LogP contribution is 2.29. The molecular formula is C24H24ClN2O+. The van der Waals surface area contributed by atoms with Gasteiger partial charge in [-0.2, -0.15) is 0 Å². The number of nitrogens with two attached hydrogens (primary N) is 1. The molecule has 0 spiro atoms. The van der Waals surface area contributed by atoms with Crippen molar-refractivity contribution in [1.29, 1.82) is 0 Å². The maximum Gasteiger partial charge on any atom is 0.186 e. The van der Waals surface area contributed by atoms with E-state index in [2.05, 4.69) is 47.9 Å². The third-order valence-corrected chi connectivity index (χ3v) is 5.51. The molecule has 0 saturated carbocycles. The highest BCUT2D eigenvalue weighted by Gasteiger charge is 2.29. The number of hydrogen-bond acceptors (Lipinski definition) is 2. The lowest BCUT2D eigenvalue weighted by Crippen LogP contribution is -2.89. The average Bonchev–Trinajstić information content (AvgIpc) is 2.74. The molecule has 0 radical (unpaired) electrons. The average molecular weight is 392 g/mol. The van der Waals surface area contributed by atoms with E-state index < -0.39 is 0 Å². The Morgan fingerprint density at radius 1 is 0.964 bits per heavy atom. The van der Waals surface area contributed by atoms with Crippen molar-refractivity contribution < 1.29 is 10.4 Å². The van der Waals surface area contributed by atoms with Crippen molar-refractivity contribution in [2.24, 2.45) is 0 Å². The maximum absolute atomic E-state index is 10.4. The molecule has 4 rings (SSSR count). The molecule has 4 heteroatoms. The second-order valence-corrected chi connectivity index (χ2v) is 7.52. The first-order valence-corrected chi connectivity index (χ1v) is 9.98. The van der Waals surface area contributed by atoms with Crippen LogP contribution in [-0.2, 0) is 6.42 Å². The van der Waals surface area contributed by atoms with Crippen LogP contribution < -0.4 is 10.6 Å². The van der Waals surface area contributed by atoms with Crippen LogP contribution in [0.4, 0.5) is 0 Å². The summed E-state index contributed by atoms with van der Waals surface area (Å²) in [5, 5.41) is 17.0. The predicted octanol–water partition coefficient (Wildman–Crippen LogP) is 4.56. The summed E-state index contributed by atoms with van der Waals surface area (Å²) < 4.78 is 0. The second kappa shape index (κ2) is 8.09. The molecule has 1 aliphatic rings. The van der Waals surface area contributed by atoms with Crippen LogP contribution in [0.25, 0.3) is 5.70 Å². The van der Waals surface area contributed by atoms with Gasteiger partial charge in [-0.1, -0.05) is 54.9 Å². The summed E-state index contributed by atoms with van der Waals surface area (Å²) in [6, 6.07) is 24.1. The van der Waals surface area contributed by atoms with Crippen LogP contribution in [0.3, 0.4) is 0 Å². The van der Waals surface area contributed by atoms with Gasteiger partial charge in [-0.15, -0.1) is 0 Å². The number of aryl methyl sites for hydroxylation is 1. The SMILES string of the molecule is CCc1ccc(C2=CC(c3ccccc3O)[NH2+]C(c3ccc(Cl)cc3)N2)cc1. The molecule has 0 bridgehead atoms. The van der Waals surface area contributed by atoms with Gasteiger partial charge in [-0.3, -0.25) is 0 Å². The third kappa shape index (κ3) is 3.91. The van der Waals surface area contributed by atoms with E-state index in [1.165, 1.54) is 5.56 Å². The fourth-order valence-corrected chi connectivity index (χ4v) is 3.76. The number of phenolic OH excluding ortho intramolecular Hbond substituents is 1. The first-order chi connectivity index (χ1) is 13.6. The van der Waals surface area contributed by atoms with E-state index in [9.17, 15) is 5.11 Å². The van der Waals surface area contributed by atoms with E-state index in [-0.39, 0.29) is 12.2 Å². The van der Waals surface area contributed by atoms with Gasteiger partial charge in [-0.25, -0.2) is 0 Å². The van der Waals surface area contributed by atoms with Crippen molar-refractivity contribution in [3.63, 3.8) is 0 Å². The number of quaternary nitrogens is 1. The molecule has 142 valence electrons. The van der Waals surface area contributed by atoms with Crippen LogP contribution >= 0.6 is 11.6 Å². The van der Waals surface area contributed by atoms with Crippen LogP contribution in [0.15, 0.2) is 78.9 Å². The van der Waals surface area contributed by atoms with Gasteiger partial charge in [0.05, 0.1) is 5.56 Å². The lowest BCUT2D eigenvalue weighted by molar-refractivity contribution is -0.731. The molecule has 3 aromatic carbocycles. The van der Waals surface area contributed by atoms with E-state index in [0.29, 0.717) is 5.75 Å². The molecule has 3 nitrogen and oxygen atoms in total. The van der Waals surface area contributed by atoms with Gasteiger partial charge in [0.2, 0.25) is 0 Å². The van der Waals surface area contributed by atoms with Crippen molar-refractivity contribution in [2.75, 3.05) is 0 Å². The minimum Gasteiger partial charge on any atom is -0.507 e. The minimum atomic E-state index is 0.00368. The standard InChI is InChI=1S/C24H23ClN2O/c1-2-16-7-9-17(10-8-16)21-15-22(20-5-3-4-6-23(20)28)27-24(26-21)18-11-13-19(25)14-12-18/h3-15,22,24,26-28H,2H2,1H3/p+1. The third-order valence-electron chi connectivity index (χ3n) is 5.26. The molecule has 0 fully saturated rings. The molecule has 1 heterocycles. The van der Waals surface area contributed by atoms with E-state index in [0.717, 1.165) is 33.8 Å². The zero-order valence-corrected chi connectivity index (χ0v) is 16.5. The lowest BCUT2D eigenvalue weighted by Gasteiger charge is -2.30. The lowest BCUT2D eigenvalue weighted by atomic mass is 9.97. The number of phenols is 1. The number of halogens is 1. The first-order valence-electron chi connectivity index (χ1n) is 9.60. The summed E-state index contributed by atoms with van der Waals surface area (Å²) >= 11 is 6.07. The molecule has 3 aromatic rings. The molecule has 4 N–H and O–H groups in total. The van der Waals surface area contributed by atoms with E-state index >= 15 is 0 Å². The molecule has 0 amide bonds. The van der Waals surface area contributed by atoms with Crippen LogP contribution in [0.2, 0.25) is 5.02 Å². The van der Waals surface area contributed by atoms with Gasteiger partial charge < -0.3 is 15.7 Å². The molecular weight excluding hydrogens is 368 g/mol. The Labute approximate surface area is 170 Å². The number of benzene rings is 3. The monoisotopic (exact) mass is 391 g/mol. The quantitative estimate of drug-likeness (QED) is 0.610. The van der Waals surface area contributed by atoms with Crippen LogP contribution in [0.1, 0.15) is 41.4 Å². The summed E-state index contributed by atoms with van der Waals surface area (Å²) in [7, 11) is 0. The Morgan fingerprint density at radius 3 is 2.36 bits per heavy atom. The first kappa shape index (κ1) is 18.6. The summed E-state index contributed by atoms with van der Waals surface area (Å²) in [6.07, 6.45) is 3.23. The van der Waals surface area contributed by atoms with Crippen molar-refractivity contribution in [2.45, 2.75) is 25.6 Å². The van der Waals surface area contributed by atoms with Gasteiger partial charge in [-0.05, 0) is 53.9 Å². The molecule has 28 heavy (non-hydrogen) atoms. The molecule has 1 aliphatic heterocycles. The highest BCUT2D eigenvalue weighted by molar-refractivity contribution is 6.30. The Hall–Kier alpha value is -2.75. The fourth-order valence-electron chi connectivity index (χ4n) is 3.63. The maximum atomic E-state index is 10.4. The van der Waals surface area contributed by atoms with Crippen molar-refractivity contribution in [3.8, 4) is 5.75 Å². The summed E-state index contributed by atoms with van der Waals surface area (Å²) in [5.41, 5.74) is 5.58. The summed E-state index contributed by atoms with van der Waals surface area (Å²) in [4.78, 5) is 0. The van der Waals surface area contributed by atoms with Crippen LogP contribution in [0, 0.1) is 0 Å². The Bertz CT molecular complexity index is 980. The van der Waals surface area contributed by atoms with Gasteiger partial charge in [0.1, 0.15) is 11.8 Å². The van der Waals surface area contributed by atoms with Crippen LogP contribution in [-0.4, -0.2) is 5.11 Å². The smallest absolute Gasteiger partial charge is 0.186 e. The predicted molar refractivity (Wildman–Crippen MR) is 114 cm³/mol. The molecule has 2 atom stereocenters. The van der Waals surface area contributed by atoms with Crippen LogP contribution in [0.5, 0.6) is 5.75 Å². The highest BCUT2D eigenvalue weighted by atomic mass is 35.5. The zero-order valence-electron chi connectivity index (χ0n) is 15.8. The fraction of sp³-hybridized carbons (Fsp3) is 0.167. The van der Waals surface area contributed by atoms with Gasteiger partial charge in [0.25, 0.3) is 0 Å². The van der Waals surface area contributed by atoms with E-state index in [1.54, 1.807) is 6.07 Å². The number of nitrogens with one attached hydrogen (secondary N) is 1. The second-order valence-electron chi connectivity index (χ2n) is 7.08. The van der Waals surface area contributed by atoms with E-state index in [4.69, 9.17) is 11.6 Å². The van der Waals surface area contributed by atoms with Crippen molar-refractivity contribution >= 4 is 17.3 Å². The Kier molecular flexibility index (Phi) is 5.38. The minimum absolute atomic E-state index is 0.00368. The summed E-state index contributed by atoms with van der Waals surface area (Å²) in [5.74, 6) is 0.317. The normalized spacial score (nSPS) is 19.0. The van der Waals surface area contributed by atoms with Crippen molar-refractivity contribution in [1.82, 2.24) is 5.32 Å². The number of para-hydroxylation sites is 1. The Balaban J connectivity index is 1.73. The van der Waals surface area contributed by atoms with Gasteiger partial charge >= 0.3 is 0 Å².